The number of benzene rings is 3. The second-order valence-corrected chi connectivity index (χ2v) is 9.84. The Morgan fingerprint density at radius 3 is 2.10 bits per heavy atom. The Bertz CT molecular complexity index is 1430. The van der Waals surface area contributed by atoms with Gasteiger partial charge in [-0.2, -0.15) is 0 Å². The van der Waals surface area contributed by atoms with Crippen LogP contribution >= 0.6 is 0 Å². The van der Waals surface area contributed by atoms with Gasteiger partial charge >= 0.3 is 0 Å². The van der Waals surface area contributed by atoms with Gasteiger partial charge in [-0.25, -0.2) is 0 Å². The number of aliphatic hydroxyl groups is 1. The predicted molar refractivity (Wildman–Crippen MR) is 152 cm³/mol. The van der Waals surface area contributed by atoms with Crippen LogP contribution in [-0.4, -0.2) is 51.2 Å². The minimum atomic E-state index is -0.869. The zero-order valence-corrected chi connectivity index (χ0v) is 23.3. The molecule has 8 nitrogen and oxygen atoms in total. The SMILES string of the molecule is COc1ccc(N2C(=O)C(=O)/C(=C(/O)c3ccc(OC(C)C)c(C)c3)C2c2ccc(N(C)C)cc2)cc1OC. The number of Topliss-reactive ketones (excluding diaryl/α,β-unsaturated/α-hetero) is 1. The second kappa shape index (κ2) is 11.1. The Morgan fingerprint density at radius 2 is 1.54 bits per heavy atom. The van der Waals surface area contributed by atoms with Crippen molar-refractivity contribution in [3.63, 3.8) is 0 Å². The van der Waals surface area contributed by atoms with Crippen LogP contribution in [0.25, 0.3) is 5.76 Å². The molecule has 1 N–H and O–H groups in total. The fourth-order valence-electron chi connectivity index (χ4n) is 4.68. The molecule has 0 spiro atoms. The van der Waals surface area contributed by atoms with Crippen molar-refractivity contribution in [1.29, 1.82) is 0 Å². The highest BCUT2D eigenvalue weighted by molar-refractivity contribution is 6.51. The van der Waals surface area contributed by atoms with Crippen LogP contribution < -0.4 is 24.0 Å². The van der Waals surface area contributed by atoms with Gasteiger partial charge in [0, 0.05) is 37.1 Å². The lowest BCUT2D eigenvalue weighted by Gasteiger charge is -2.26. The first-order valence-electron chi connectivity index (χ1n) is 12.6. The van der Waals surface area contributed by atoms with Gasteiger partial charge in [-0.15, -0.1) is 0 Å². The smallest absolute Gasteiger partial charge is 0.300 e. The van der Waals surface area contributed by atoms with E-state index in [1.54, 1.807) is 36.4 Å². The third kappa shape index (κ3) is 5.27. The van der Waals surface area contributed by atoms with Gasteiger partial charge in [0.15, 0.2) is 11.5 Å². The third-order valence-corrected chi connectivity index (χ3v) is 6.63. The number of methoxy groups -OCH3 is 2. The first-order chi connectivity index (χ1) is 18.6. The molecule has 1 saturated heterocycles. The van der Waals surface area contributed by atoms with Crippen LogP contribution in [0.15, 0.2) is 66.2 Å². The zero-order valence-electron chi connectivity index (χ0n) is 23.3. The monoisotopic (exact) mass is 530 g/mol. The molecule has 0 aromatic heterocycles. The van der Waals surface area contributed by atoms with E-state index in [1.165, 1.54) is 19.1 Å². The lowest BCUT2D eigenvalue weighted by molar-refractivity contribution is -0.132. The van der Waals surface area contributed by atoms with Gasteiger partial charge in [0.1, 0.15) is 11.5 Å². The Morgan fingerprint density at radius 1 is 0.897 bits per heavy atom. The maximum Gasteiger partial charge on any atom is 0.300 e. The van der Waals surface area contributed by atoms with Crippen molar-refractivity contribution in [2.45, 2.75) is 32.9 Å². The summed E-state index contributed by atoms with van der Waals surface area (Å²) in [6.07, 6.45) is -0.0138. The van der Waals surface area contributed by atoms with E-state index in [1.807, 2.05) is 64.0 Å². The molecule has 0 saturated carbocycles. The number of carbonyl (C=O) groups is 2. The largest absolute Gasteiger partial charge is 0.507 e. The van der Waals surface area contributed by atoms with Crippen LogP contribution in [0.1, 0.15) is 36.6 Å². The Kier molecular flexibility index (Phi) is 7.85. The van der Waals surface area contributed by atoms with E-state index < -0.39 is 17.7 Å². The number of carbonyl (C=O) groups excluding carboxylic acids is 2. The number of ether oxygens (including phenoxy) is 3. The van der Waals surface area contributed by atoms with Crippen LogP contribution in [-0.2, 0) is 9.59 Å². The van der Waals surface area contributed by atoms with Crippen molar-refractivity contribution in [3.8, 4) is 17.2 Å². The van der Waals surface area contributed by atoms with Gasteiger partial charge in [-0.1, -0.05) is 12.1 Å². The summed E-state index contributed by atoms with van der Waals surface area (Å²) in [7, 11) is 6.89. The van der Waals surface area contributed by atoms with Gasteiger partial charge in [0.2, 0.25) is 0 Å². The Hall–Kier alpha value is -4.46. The zero-order chi connectivity index (χ0) is 28.4. The summed E-state index contributed by atoms with van der Waals surface area (Å²) < 4.78 is 16.6. The highest BCUT2D eigenvalue weighted by Crippen LogP contribution is 2.44. The topological polar surface area (TPSA) is 88.5 Å². The Labute approximate surface area is 229 Å². The number of amides is 1. The van der Waals surface area contributed by atoms with Crippen molar-refractivity contribution < 1.29 is 28.9 Å². The highest BCUT2D eigenvalue weighted by atomic mass is 16.5. The molecular formula is C31H34N2O6. The standard InChI is InChI=1S/C31H34N2O6/c1-18(2)39-24-14-10-21(16-19(24)3)29(34)27-28(20-8-11-22(12-9-20)32(4)5)33(31(36)30(27)35)23-13-15-25(37-6)26(17-23)38-7/h8-18,28,34H,1-7H3/b29-27+. The first-order valence-corrected chi connectivity index (χ1v) is 12.6. The van der Waals surface area contributed by atoms with Crippen LogP contribution in [0, 0.1) is 6.92 Å². The van der Waals surface area contributed by atoms with Crippen molar-refractivity contribution in [2.24, 2.45) is 0 Å². The van der Waals surface area contributed by atoms with Gasteiger partial charge in [-0.3, -0.25) is 14.5 Å². The molecule has 0 radical (unpaired) electrons. The lowest BCUT2D eigenvalue weighted by atomic mass is 9.94. The summed E-state index contributed by atoms with van der Waals surface area (Å²) in [5.41, 5.74) is 3.29. The number of nitrogens with zero attached hydrogens (tertiary/aromatic N) is 2. The lowest BCUT2D eigenvalue weighted by Crippen LogP contribution is -2.29. The molecular weight excluding hydrogens is 496 g/mol. The number of aryl methyl sites for hydroxylation is 1. The van der Waals surface area contributed by atoms with E-state index >= 15 is 0 Å². The maximum atomic E-state index is 13.5. The molecule has 1 atom stereocenters. The minimum Gasteiger partial charge on any atom is -0.507 e. The number of ketones is 1. The van der Waals surface area contributed by atoms with Crippen molar-refractivity contribution >= 4 is 28.8 Å². The molecule has 3 aromatic carbocycles. The van der Waals surface area contributed by atoms with E-state index in [4.69, 9.17) is 14.2 Å². The molecule has 1 unspecified atom stereocenters. The molecule has 1 aliphatic heterocycles. The summed E-state index contributed by atoms with van der Waals surface area (Å²) in [6, 6.07) is 16.9. The third-order valence-electron chi connectivity index (χ3n) is 6.63. The number of aliphatic hydroxyl groups excluding tert-OH is 1. The summed E-state index contributed by atoms with van der Waals surface area (Å²) >= 11 is 0. The molecule has 1 aliphatic rings. The quantitative estimate of drug-likeness (QED) is 0.234. The fraction of sp³-hybridized carbons (Fsp3) is 0.290. The van der Waals surface area contributed by atoms with Gasteiger partial charge in [0.05, 0.1) is 31.9 Å². The molecule has 0 bridgehead atoms. The number of rotatable bonds is 8. The molecule has 39 heavy (non-hydrogen) atoms. The summed E-state index contributed by atoms with van der Waals surface area (Å²) in [4.78, 5) is 30.4. The van der Waals surface area contributed by atoms with E-state index in [0.29, 0.717) is 34.1 Å². The normalized spacial score (nSPS) is 16.5. The second-order valence-electron chi connectivity index (χ2n) is 9.84. The molecule has 204 valence electrons. The van der Waals surface area contributed by atoms with E-state index in [-0.39, 0.29) is 17.4 Å². The number of hydrogen-bond donors (Lipinski definition) is 1. The van der Waals surface area contributed by atoms with E-state index in [2.05, 4.69) is 0 Å². The van der Waals surface area contributed by atoms with Crippen LogP contribution in [0.2, 0.25) is 0 Å². The van der Waals surface area contributed by atoms with E-state index in [0.717, 1.165) is 11.3 Å². The molecule has 3 aromatic rings. The van der Waals surface area contributed by atoms with Gasteiger partial charge < -0.3 is 24.2 Å². The van der Waals surface area contributed by atoms with Gasteiger partial charge in [-0.05, 0) is 74.4 Å². The summed E-state index contributed by atoms with van der Waals surface area (Å²) in [5.74, 6) is -0.190. The molecule has 4 rings (SSSR count). The van der Waals surface area contributed by atoms with Crippen LogP contribution in [0.5, 0.6) is 17.2 Å². The van der Waals surface area contributed by atoms with Crippen LogP contribution in [0.4, 0.5) is 11.4 Å². The first kappa shape index (κ1) is 27.6. The fourth-order valence-corrected chi connectivity index (χ4v) is 4.68. The van der Waals surface area contributed by atoms with Crippen molar-refractivity contribution in [3.05, 3.63) is 82.9 Å². The van der Waals surface area contributed by atoms with E-state index in [9.17, 15) is 14.7 Å². The summed E-state index contributed by atoms with van der Waals surface area (Å²) in [6.45, 7) is 5.74. The molecule has 1 amide bonds. The molecule has 1 heterocycles. The van der Waals surface area contributed by atoms with Gasteiger partial charge in [0.25, 0.3) is 11.7 Å². The van der Waals surface area contributed by atoms with Crippen molar-refractivity contribution in [2.75, 3.05) is 38.1 Å². The maximum absolute atomic E-state index is 13.5. The molecule has 8 heteroatoms. The molecule has 1 fully saturated rings. The number of anilines is 2. The Balaban J connectivity index is 1.91. The molecule has 0 aliphatic carbocycles. The van der Waals surface area contributed by atoms with Crippen molar-refractivity contribution in [1.82, 2.24) is 0 Å². The average Bonchev–Trinajstić information content (AvgIpc) is 3.18. The number of hydrogen-bond acceptors (Lipinski definition) is 7. The summed E-state index contributed by atoms with van der Waals surface area (Å²) in [5, 5.41) is 11.5. The minimum absolute atomic E-state index is 0.00400. The van der Waals surface area contributed by atoms with Crippen LogP contribution in [0.3, 0.4) is 0 Å². The predicted octanol–water partition coefficient (Wildman–Crippen LogP) is 5.49. The average molecular weight is 531 g/mol. The highest BCUT2D eigenvalue weighted by Gasteiger charge is 2.47.